The average Bonchev–Trinajstić information content (AvgIpc) is 2.74. The molecule has 2 aromatic carbocycles. The number of ether oxygens (including phenoxy) is 2. The van der Waals surface area contributed by atoms with E-state index in [0.29, 0.717) is 27.8 Å². The number of hydrogen-bond donors (Lipinski definition) is 0. The molecular formula is C22H22O4. The number of ketones is 1. The first-order valence-electron chi connectivity index (χ1n) is 8.38. The third-order valence-electron chi connectivity index (χ3n) is 5.00. The average molecular weight is 350 g/mol. The first kappa shape index (κ1) is 17.9. The van der Waals surface area contributed by atoms with Crippen molar-refractivity contribution in [2.45, 2.75) is 26.2 Å². The van der Waals surface area contributed by atoms with E-state index in [4.69, 9.17) is 9.47 Å². The fourth-order valence-corrected chi connectivity index (χ4v) is 3.44. The van der Waals surface area contributed by atoms with Gasteiger partial charge in [-0.15, -0.1) is 0 Å². The van der Waals surface area contributed by atoms with E-state index in [1.165, 1.54) is 0 Å². The number of carbonyl (C=O) groups is 1. The molecule has 0 aliphatic heterocycles. The van der Waals surface area contributed by atoms with Crippen LogP contribution < -0.4 is 14.9 Å². The quantitative estimate of drug-likeness (QED) is 0.835. The Labute approximate surface area is 152 Å². The first-order valence-corrected chi connectivity index (χ1v) is 8.38. The van der Waals surface area contributed by atoms with Gasteiger partial charge in [-0.2, -0.15) is 0 Å². The Morgan fingerprint density at radius 1 is 0.962 bits per heavy atom. The summed E-state index contributed by atoms with van der Waals surface area (Å²) in [6.45, 7) is 9.50. The van der Waals surface area contributed by atoms with Gasteiger partial charge in [-0.05, 0) is 61.7 Å². The van der Waals surface area contributed by atoms with E-state index in [9.17, 15) is 9.59 Å². The van der Waals surface area contributed by atoms with Crippen LogP contribution in [-0.2, 0) is 10.2 Å². The molecule has 0 spiro atoms. The zero-order valence-corrected chi connectivity index (χ0v) is 15.7. The molecule has 3 rings (SSSR count). The molecule has 0 fully saturated rings. The van der Waals surface area contributed by atoms with Crippen LogP contribution in [0.25, 0.3) is 22.4 Å². The largest absolute Gasteiger partial charge is 0.492 e. The summed E-state index contributed by atoms with van der Waals surface area (Å²) in [5, 5.41) is 1.15. The highest BCUT2D eigenvalue weighted by molar-refractivity contribution is 6.05. The second-order valence-electron chi connectivity index (χ2n) is 7.08. The van der Waals surface area contributed by atoms with Gasteiger partial charge in [-0.3, -0.25) is 9.59 Å². The van der Waals surface area contributed by atoms with E-state index >= 15 is 0 Å². The molecule has 2 aromatic rings. The van der Waals surface area contributed by atoms with Gasteiger partial charge in [0.25, 0.3) is 0 Å². The number of benzene rings is 1. The molecule has 0 saturated heterocycles. The van der Waals surface area contributed by atoms with Gasteiger partial charge in [-0.25, -0.2) is 0 Å². The van der Waals surface area contributed by atoms with Gasteiger partial charge in [0.2, 0.25) is 0 Å². The van der Waals surface area contributed by atoms with Crippen molar-refractivity contribution < 1.29 is 14.3 Å². The minimum absolute atomic E-state index is 0.0215. The summed E-state index contributed by atoms with van der Waals surface area (Å²) >= 11 is 0. The zero-order chi connectivity index (χ0) is 19.2. The Balaban J connectivity index is 2.56. The topological polar surface area (TPSA) is 52.6 Å². The first-order chi connectivity index (χ1) is 12.2. The lowest BCUT2D eigenvalue weighted by Crippen LogP contribution is -2.30. The number of methoxy groups -OCH3 is 2. The van der Waals surface area contributed by atoms with Gasteiger partial charge in [-0.1, -0.05) is 12.7 Å². The molecule has 0 heterocycles. The van der Waals surface area contributed by atoms with E-state index in [0.717, 1.165) is 16.7 Å². The number of allylic oxidation sites excluding steroid dienone is 2. The van der Waals surface area contributed by atoms with Crippen LogP contribution in [0.4, 0.5) is 0 Å². The molecule has 0 unspecified atom stereocenters. The molecule has 26 heavy (non-hydrogen) atoms. The second kappa shape index (κ2) is 6.13. The standard InChI is InChI=1S/C22H22O4/c1-12(2)14-10-15-16(21(26-6)20(14)25-5)9-13-7-8-19(24)22(3,4)17(13)11-18(15)23/h7-11H,1H2,2-6H3. The number of carbonyl (C=O) groups excluding carboxylic acids is 1. The Bertz CT molecular complexity index is 1040. The molecule has 0 N–H and O–H groups in total. The maximum atomic E-state index is 13.0. The molecule has 0 amide bonds. The van der Waals surface area contributed by atoms with Crippen molar-refractivity contribution in [1.82, 2.24) is 0 Å². The molecular weight excluding hydrogens is 328 g/mol. The summed E-state index contributed by atoms with van der Waals surface area (Å²) in [5.41, 5.74) is 2.11. The van der Waals surface area contributed by atoms with Crippen LogP contribution in [0.2, 0.25) is 0 Å². The molecule has 4 heteroatoms. The van der Waals surface area contributed by atoms with Gasteiger partial charge in [0.15, 0.2) is 22.7 Å². The van der Waals surface area contributed by atoms with E-state index in [1.54, 1.807) is 38.5 Å². The van der Waals surface area contributed by atoms with Crippen LogP contribution in [0.3, 0.4) is 0 Å². The third kappa shape index (κ3) is 2.53. The van der Waals surface area contributed by atoms with Crippen molar-refractivity contribution in [2.75, 3.05) is 14.2 Å². The molecule has 1 aliphatic rings. The summed E-state index contributed by atoms with van der Waals surface area (Å²) in [6, 6.07) is 5.23. The predicted octanol–water partition coefficient (Wildman–Crippen LogP) is 4.12. The lowest BCUT2D eigenvalue weighted by atomic mass is 9.76. The van der Waals surface area contributed by atoms with Crippen LogP contribution in [0.1, 0.15) is 37.5 Å². The lowest BCUT2D eigenvalue weighted by molar-refractivity contribution is -0.118. The highest BCUT2D eigenvalue weighted by Crippen LogP contribution is 2.42. The predicted molar refractivity (Wildman–Crippen MR) is 105 cm³/mol. The van der Waals surface area contributed by atoms with Gasteiger partial charge < -0.3 is 9.47 Å². The minimum Gasteiger partial charge on any atom is -0.492 e. The highest BCUT2D eigenvalue weighted by atomic mass is 16.5. The summed E-state index contributed by atoms with van der Waals surface area (Å²) in [7, 11) is 3.11. The van der Waals surface area contributed by atoms with Gasteiger partial charge >= 0.3 is 0 Å². The maximum absolute atomic E-state index is 13.0. The number of fused-ring (bicyclic) bond motifs is 2. The highest BCUT2D eigenvalue weighted by Gasteiger charge is 2.33. The van der Waals surface area contributed by atoms with E-state index in [1.807, 2.05) is 26.8 Å². The fraction of sp³-hybridized carbons (Fsp3) is 0.273. The minimum atomic E-state index is -0.757. The van der Waals surface area contributed by atoms with Crippen molar-refractivity contribution >= 4 is 28.2 Å². The third-order valence-corrected chi connectivity index (χ3v) is 5.00. The van der Waals surface area contributed by atoms with Crippen molar-refractivity contribution in [1.29, 1.82) is 0 Å². The Hall–Kier alpha value is -2.88. The van der Waals surface area contributed by atoms with Crippen LogP contribution in [0.15, 0.2) is 35.6 Å². The summed E-state index contributed by atoms with van der Waals surface area (Å²) in [5.74, 6) is 1.01. The molecule has 0 radical (unpaired) electrons. The number of hydrogen-bond acceptors (Lipinski definition) is 4. The Morgan fingerprint density at radius 3 is 2.19 bits per heavy atom. The second-order valence-corrected chi connectivity index (χ2v) is 7.08. The lowest BCUT2D eigenvalue weighted by Gasteiger charge is -2.26. The SMILES string of the molecule is C=C(C)c1cc2c(=O)cc3c(cc2c(OC)c1OC)C=CC(=O)C3(C)C. The van der Waals surface area contributed by atoms with Gasteiger partial charge in [0.1, 0.15) is 0 Å². The normalized spacial score (nSPS) is 14.9. The van der Waals surface area contributed by atoms with Crippen molar-refractivity contribution in [2.24, 2.45) is 0 Å². The molecule has 0 aromatic heterocycles. The van der Waals surface area contributed by atoms with E-state index in [-0.39, 0.29) is 11.2 Å². The van der Waals surface area contributed by atoms with E-state index < -0.39 is 5.41 Å². The van der Waals surface area contributed by atoms with Crippen molar-refractivity contribution in [3.8, 4) is 11.5 Å². The monoisotopic (exact) mass is 350 g/mol. The Kier molecular flexibility index (Phi) is 4.23. The van der Waals surface area contributed by atoms with Crippen molar-refractivity contribution in [3.05, 3.63) is 57.8 Å². The molecule has 0 saturated carbocycles. The zero-order valence-electron chi connectivity index (χ0n) is 15.7. The number of rotatable bonds is 3. The molecule has 0 atom stereocenters. The summed E-state index contributed by atoms with van der Waals surface area (Å²) in [4.78, 5) is 25.3. The van der Waals surface area contributed by atoms with Crippen LogP contribution in [0.5, 0.6) is 11.5 Å². The fourth-order valence-electron chi connectivity index (χ4n) is 3.44. The van der Waals surface area contributed by atoms with Gasteiger partial charge in [0, 0.05) is 16.3 Å². The molecule has 1 aliphatic carbocycles. The molecule has 4 nitrogen and oxygen atoms in total. The smallest absolute Gasteiger partial charge is 0.186 e. The summed E-state index contributed by atoms with van der Waals surface area (Å²) < 4.78 is 11.2. The molecule has 0 bridgehead atoms. The molecule has 134 valence electrons. The Morgan fingerprint density at radius 2 is 1.62 bits per heavy atom. The van der Waals surface area contributed by atoms with Crippen LogP contribution in [0, 0.1) is 0 Å². The summed E-state index contributed by atoms with van der Waals surface area (Å²) in [6.07, 6.45) is 3.31. The van der Waals surface area contributed by atoms with Crippen LogP contribution in [-0.4, -0.2) is 20.0 Å². The van der Waals surface area contributed by atoms with E-state index in [2.05, 4.69) is 6.58 Å². The van der Waals surface area contributed by atoms with Crippen LogP contribution >= 0.6 is 0 Å². The maximum Gasteiger partial charge on any atom is 0.186 e. The van der Waals surface area contributed by atoms with Crippen molar-refractivity contribution in [3.63, 3.8) is 0 Å². The van der Waals surface area contributed by atoms with Gasteiger partial charge in [0.05, 0.1) is 19.6 Å².